The molecule has 1 aromatic rings. The van der Waals surface area contributed by atoms with Crippen LogP contribution >= 0.6 is 11.3 Å². The minimum absolute atomic E-state index is 0.107. The molecule has 0 aliphatic heterocycles. The summed E-state index contributed by atoms with van der Waals surface area (Å²) >= 11 is 1.60. The largest absolute Gasteiger partial charge is 0.393 e. The molecule has 1 aliphatic rings. The second-order valence-electron chi connectivity index (χ2n) is 12.8. The first-order chi connectivity index (χ1) is 17.6. The van der Waals surface area contributed by atoms with Crippen LogP contribution in [0.4, 0.5) is 0 Å². The molecule has 0 bridgehead atoms. The Morgan fingerprint density at radius 1 is 1.26 bits per heavy atom. The van der Waals surface area contributed by atoms with Crippen molar-refractivity contribution in [3.63, 3.8) is 0 Å². The summed E-state index contributed by atoms with van der Waals surface area (Å²) in [6, 6.07) is -0.157. The highest BCUT2D eigenvalue weighted by molar-refractivity contribution is 7.09. The number of aryl methyl sites for hydroxylation is 1. The number of carbonyl (C=O) groups is 2. The number of ketones is 1. The summed E-state index contributed by atoms with van der Waals surface area (Å²) < 4.78 is 0. The molecule has 1 saturated carbocycles. The maximum atomic E-state index is 13.0. The van der Waals surface area contributed by atoms with E-state index in [0.29, 0.717) is 17.8 Å². The molecule has 216 valence electrons. The van der Waals surface area contributed by atoms with Gasteiger partial charge < -0.3 is 15.5 Å². The quantitative estimate of drug-likeness (QED) is 0.224. The fraction of sp³-hybridized carbons (Fsp3) is 0.774. The molecule has 0 radical (unpaired) electrons. The van der Waals surface area contributed by atoms with E-state index in [2.05, 4.69) is 38.0 Å². The van der Waals surface area contributed by atoms with Crippen LogP contribution in [0.25, 0.3) is 6.08 Å². The lowest BCUT2D eigenvalue weighted by Crippen LogP contribution is -2.43. The highest BCUT2D eigenvalue weighted by Gasteiger charge is 2.50. The second-order valence-corrected chi connectivity index (χ2v) is 13.9. The van der Waals surface area contributed by atoms with Gasteiger partial charge in [-0.2, -0.15) is 0 Å². The molecule has 7 atom stereocenters. The van der Waals surface area contributed by atoms with Gasteiger partial charge in [0.05, 0.1) is 35.4 Å². The first-order valence-electron chi connectivity index (χ1n) is 14.4. The molecular weight excluding hydrogens is 496 g/mol. The molecule has 7 heteroatoms. The molecule has 2 rings (SSSR count). The van der Waals surface area contributed by atoms with E-state index in [-0.39, 0.29) is 35.7 Å². The summed E-state index contributed by atoms with van der Waals surface area (Å²) in [4.78, 5) is 29.5. The van der Waals surface area contributed by atoms with E-state index in [1.165, 1.54) is 6.92 Å². The van der Waals surface area contributed by atoms with Gasteiger partial charge in [0, 0.05) is 10.8 Å². The van der Waals surface area contributed by atoms with Gasteiger partial charge >= 0.3 is 0 Å². The predicted octanol–water partition coefficient (Wildman–Crippen LogP) is 6.34. The maximum Gasteiger partial charge on any atom is 0.223 e. The van der Waals surface area contributed by atoms with Crippen LogP contribution in [0.15, 0.2) is 11.0 Å². The van der Waals surface area contributed by atoms with Gasteiger partial charge in [-0.25, -0.2) is 4.98 Å². The number of aliphatic hydroxyl groups is 2. The Balaban J connectivity index is 2.04. The van der Waals surface area contributed by atoms with Crippen LogP contribution in [0.3, 0.4) is 0 Å². The molecule has 1 amide bonds. The average Bonchev–Trinajstić information content (AvgIpc) is 3.28. The third-order valence-corrected chi connectivity index (χ3v) is 10.1. The number of thiazole rings is 1. The fourth-order valence-corrected chi connectivity index (χ4v) is 5.89. The molecule has 1 aromatic heterocycles. The monoisotopic (exact) mass is 548 g/mol. The Morgan fingerprint density at radius 3 is 2.47 bits per heavy atom. The van der Waals surface area contributed by atoms with Crippen LogP contribution in [0.2, 0.25) is 0 Å². The van der Waals surface area contributed by atoms with Crippen LogP contribution in [-0.2, 0) is 9.59 Å². The van der Waals surface area contributed by atoms with E-state index in [1.54, 1.807) is 25.2 Å². The van der Waals surface area contributed by atoms with Crippen molar-refractivity contribution in [2.24, 2.45) is 28.6 Å². The molecule has 0 spiro atoms. The van der Waals surface area contributed by atoms with E-state index >= 15 is 0 Å². The zero-order valence-corrected chi connectivity index (χ0v) is 26.0. The zero-order valence-electron chi connectivity index (χ0n) is 25.1. The van der Waals surface area contributed by atoms with Crippen LogP contribution in [0.5, 0.6) is 0 Å². The number of amides is 1. The Kier molecular flexibility index (Phi) is 11.7. The zero-order chi connectivity index (χ0) is 28.8. The normalized spacial score (nSPS) is 23.9. The summed E-state index contributed by atoms with van der Waals surface area (Å²) in [6.07, 6.45) is 6.86. The second kappa shape index (κ2) is 13.7. The van der Waals surface area contributed by atoms with E-state index in [4.69, 9.17) is 0 Å². The van der Waals surface area contributed by atoms with Gasteiger partial charge in [-0.3, -0.25) is 9.59 Å². The van der Waals surface area contributed by atoms with Crippen LogP contribution in [-0.4, -0.2) is 45.1 Å². The molecule has 0 aromatic carbocycles. The summed E-state index contributed by atoms with van der Waals surface area (Å²) in [6.45, 7) is 17.6. The number of hydrogen-bond donors (Lipinski definition) is 3. The molecule has 1 aliphatic carbocycles. The standard InChI is InChI=1S/C31H52N2O4S/c1-10-19(2)29(37)20(3)12-11-13-31(9)17-24(31)15-26(21(4)14-25-18-38-23(6)32-25)33-28(36)16-27(35)30(7,8)22(5)34/h14,18-20,24,26-27,29,35,37H,10-13,15-17H2,1-9H3,(H,33,36)/b21-14+/t19-,20-,24+,26-,27-,29+,31-/m0/s1. The van der Waals surface area contributed by atoms with Crippen molar-refractivity contribution in [3.8, 4) is 0 Å². The van der Waals surface area contributed by atoms with Crippen molar-refractivity contribution < 1.29 is 19.8 Å². The molecule has 0 saturated heterocycles. The van der Waals surface area contributed by atoms with E-state index in [1.807, 2.05) is 25.3 Å². The van der Waals surface area contributed by atoms with Gasteiger partial charge in [0.15, 0.2) is 0 Å². The predicted molar refractivity (Wildman–Crippen MR) is 157 cm³/mol. The van der Waals surface area contributed by atoms with E-state index in [0.717, 1.165) is 54.8 Å². The van der Waals surface area contributed by atoms with Crippen molar-refractivity contribution in [2.45, 2.75) is 126 Å². The highest BCUT2D eigenvalue weighted by atomic mass is 32.1. The summed E-state index contributed by atoms with van der Waals surface area (Å²) in [5, 5.41) is 27.3. The minimum Gasteiger partial charge on any atom is -0.393 e. The first kappa shape index (κ1) is 32.6. The molecule has 6 nitrogen and oxygen atoms in total. The topological polar surface area (TPSA) is 99.5 Å². The lowest BCUT2D eigenvalue weighted by atomic mass is 9.81. The number of nitrogens with zero attached hydrogens (tertiary/aromatic N) is 1. The molecule has 3 N–H and O–H groups in total. The third kappa shape index (κ3) is 8.99. The summed E-state index contributed by atoms with van der Waals surface area (Å²) in [5.41, 5.74) is 1.22. The Morgan fingerprint density at radius 2 is 1.92 bits per heavy atom. The Labute approximate surface area is 234 Å². The molecular formula is C31H52N2O4S. The molecule has 1 heterocycles. The third-order valence-electron chi connectivity index (χ3n) is 9.29. The van der Waals surface area contributed by atoms with E-state index < -0.39 is 11.5 Å². The Hall–Kier alpha value is -1.57. The highest BCUT2D eigenvalue weighted by Crippen LogP contribution is 2.58. The lowest BCUT2D eigenvalue weighted by Gasteiger charge is -2.28. The van der Waals surface area contributed by atoms with Gasteiger partial charge in [-0.05, 0) is 81.3 Å². The van der Waals surface area contributed by atoms with Crippen LogP contribution in [0, 0.1) is 35.5 Å². The van der Waals surface area contributed by atoms with Gasteiger partial charge in [-0.1, -0.05) is 54.4 Å². The SMILES string of the molecule is CC[C@H](C)[C@@H](O)[C@@H](C)CCC[C@@]1(C)C[C@H]1C[C@H](NC(=O)C[C@H](O)C(C)(C)C(C)=O)/C(C)=C/c1csc(C)n1. The molecule has 38 heavy (non-hydrogen) atoms. The van der Waals surface area contributed by atoms with Gasteiger partial charge in [0.25, 0.3) is 0 Å². The number of aromatic nitrogens is 1. The number of nitrogens with one attached hydrogen (secondary N) is 1. The molecule has 1 fully saturated rings. The first-order valence-corrected chi connectivity index (χ1v) is 15.3. The molecule has 0 unspecified atom stereocenters. The lowest BCUT2D eigenvalue weighted by molar-refractivity contribution is -0.134. The van der Waals surface area contributed by atoms with Crippen molar-refractivity contribution in [3.05, 3.63) is 21.7 Å². The van der Waals surface area contributed by atoms with Crippen molar-refractivity contribution in [2.75, 3.05) is 0 Å². The van der Waals surface area contributed by atoms with Gasteiger partial charge in [0.1, 0.15) is 5.78 Å². The summed E-state index contributed by atoms with van der Waals surface area (Å²) in [5.74, 6) is 0.754. The van der Waals surface area contributed by atoms with Crippen LogP contribution in [0.1, 0.15) is 111 Å². The number of carbonyl (C=O) groups excluding carboxylic acids is 2. The van der Waals surface area contributed by atoms with Gasteiger partial charge in [0.2, 0.25) is 5.91 Å². The number of aliphatic hydroxyl groups excluding tert-OH is 2. The van der Waals surface area contributed by atoms with Crippen LogP contribution < -0.4 is 5.32 Å². The van der Waals surface area contributed by atoms with Crippen molar-refractivity contribution >= 4 is 29.1 Å². The average molecular weight is 549 g/mol. The number of hydrogen-bond acceptors (Lipinski definition) is 6. The number of Topliss-reactive ketones (excluding diaryl/α,β-unsaturated/α-hetero) is 1. The van der Waals surface area contributed by atoms with Crippen molar-refractivity contribution in [1.82, 2.24) is 10.3 Å². The fourth-order valence-electron chi connectivity index (χ4n) is 5.32. The van der Waals surface area contributed by atoms with Crippen molar-refractivity contribution in [1.29, 1.82) is 0 Å². The van der Waals surface area contributed by atoms with E-state index in [9.17, 15) is 19.8 Å². The minimum atomic E-state index is -1.04. The summed E-state index contributed by atoms with van der Waals surface area (Å²) in [7, 11) is 0. The smallest absolute Gasteiger partial charge is 0.223 e. The Bertz CT molecular complexity index is 971. The van der Waals surface area contributed by atoms with Gasteiger partial charge in [-0.15, -0.1) is 11.3 Å². The maximum absolute atomic E-state index is 13.0. The number of rotatable bonds is 16.